The summed E-state index contributed by atoms with van der Waals surface area (Å²) in [5, 5.41) is 20.1. The number of aliphatic imine (C=N–C) groups is 1. The van der Waals surface area contributed by atoms with Crippen molar-refractivity contribution in [3.63, 3.8) is 0 Å². The Kier molecular flexibility index (Phi) is 11.4. The van der Waals surface area contributed by atoms with Crippen LogP contribution in [0.2, 0.25) is 0 Å². The normalized spacial score (nSPS) is 12.8. The van der Waals surface area contributed by atoms with E-state index in [4.69, 9.17) is 4.99 Å². The van der Waals surface area contributed by atoms with Crippen LogP contribution in [0, 0.1) is 0 Å². The second-order valence-corrected chi connectivity index (χ2v) is 14.5. The summed E-state index contributed by atoms with van der Waals surface area (Å²) in [4.78, 5) is 9.33. The molecule has 40 heavy (non-hydrogen) atoms. The van der Waals surface area contributed by atoms with Crippen LogP contribution in [0.1, 0.15) is 118 Å². The molecule has 0 saturated carbocycles. The van der Waals surface area contributed by atoms with Crippen LogP contribution in [0.4, 0.5) is 5.69 Å². The molecule has 1 aromatic heterocycles. The van der Waals surface area contributed by atoms with Crippen molar-refractivity contribution < 1.29 is 26.7 Å². The molecular weight excluding hydrogens is 539 g/mol. The van der Waals surface area contributed by atoms with Crippen LogP contribution in [-0.2, 0) is 38.2 Å². The van der Waals surface area contributed by atoms with Crippen molar-refractivity contribution in [1.82, 2.24) is 4.98 Å². The first-order valence-electron chi connectivity index (χ1n) is 13.8. The van der Waals surface area contributed by atoms with Crippen LogP contribution in [0.25, 0.3) is 0 Å². The van der Waals surface area contributed by atoms with E-state index in [0.717, 1.165) is 28.2 Å². The van der Waals surface area contributed by atoms with Gasteiger partial charge in [0, 0.05) is 33.8 Å². The molecule has 0 radical (unpaired) electrons. The van der Waals surface area contributed by atoms with E-state index in [0.29, 0.717) is 0 Å². The Morgan fingerprint density at radius 2 is 1.07 bits per heavy atom. The molecule has 1 heterocycles. The van der Waals surface area contributed by atoms with Gasteiger partial charge in [-0.3, -0.25) is 9.98 Å². The summed E-state index contributed by atoms with van der Waals surface area (Å²) in [5.41, 5.74) is 6.87. The maximum absolute atomic E-state index is 10.0. The van der Waals surface area contributed by atoms with E-state index in [1.54, 1.807) is 0 Å². The first-order valence-corrected chi connectivity index (χ1v) is 13.8. The number of benzene rings is 2. The Morgan fingerprint density at radius 1 is 0.625 bits per heavy atom. The molecule has 0 aliphatic heterocycles. The summed E-state index contributed by atoms with van der Waals surface area (Å²) >= 11 is 0. The van der Waals surface area contributed by atoms with Crippen LogP contribution < -0.4 is 0 Å². The van der Waals surface area contributed by atoms with E-state index in [9.17, 15) is 10.2 Å². The van der Waals surface area contributed by atoms with E-state index in [2.05, 4.69) is 64.7 Å². The van der Waals surface area contributed by atoms with E-state index in [1.807, 2.05) is 85.0 Å². The first-order chi connectivity index (χ1) is 17.6. The van der Waals surface area contributed by atoms with Crippen LogP contribution in [0.15, 0.2) is 59.7 Å². The third-order valence-electron chi connectivity index (χ3n) is 6.76. The van der Waals surface area contributed by atoms with Gasteiger partial charge in [-0.05, 0) is 57.9 Å². The molecule has 3 rings (SSSR count). The molecular formula is C35H50N2NiO2. The van der Waals surface area contributed by atoms with E-state index < -0.39 is 0 Å². The van der Waals surface area contributed by atoms with Crippen LogP contribution in [0.5, 0.6) is 11.5 Å². The van der Waals surface area contributed by atoms with E-state index >= 15 is 0 Å². The maximum Gasteiger partial charge on any atom is 0.161 e. The largest absolute Gasteiger partial charge is 0.504 e. The fourth-order valence-electron chi connectivity index (χ4n) is 4.33. The number of phenols is 2. The third kappa shape index (κ3) is 9.20. The third-order valence-corrected chi connectivity index (χ3v) is 6.76. The first kappa shape index (κ1) is 35.4. The Morgan fingerprint density at radius 3 is 1.45 bits per heavy atom. The van der Waals surface area contributed by atoms with Gasteiger partial charge >= 0.3 is 0 Å². The number of hydrogen-bond acceptors (Lipinski definition) is 4. The SMILES string of the molecule is CC(=Nc1cc(C(C)(C)C)ccc1C(C)(C)C)c1ccccn1.CC(C)(C)c1ccc(C(C)(C)C)c(O)c1O.[Ni]. The molecule has 0 unspecified atom stereocenters. The van der Waals surface area contributed by atoms with Crippen molar-refractivity contribution in [3.05, 3.63) is 82.7 Å². The molecule has 2 aromatic carbocycles. The molecule has 0 fully saturated rings. The number of nitrogens with zero attached hydrogens (tertiary/aromatic N) is 2. The molecule has 4 nitrogen and oxygen atoms in total. The van der Waals surface area contributed by atoms with E-state index in [1.165, 1.54) is 11.1 Å². The molecule has 0 aliphatic carbocycles. The molecule has 0 amide bonds. The molecule has 0 spiro atoms. The zero-order chi connectivity index (χ0) is 30.0. The summed E-state index contributed by atoms with van der Waals surface area (Å²) in [6.45, 7) is 27.5. The average molecular weight is 589 g/mol. The molecule has 2 N–H and O–H groups in total. The summed E-state index contributed by atoms with van der Waals surface area (Å²) in [6.07, 6.45) is 1.81. The van der Waals surface area contributed by atoms with Gasteiger partial charge in [-0.1, -0.05) is 113 Å². The molecule has 222 valence electrons. The summed E-state index contributed by atoms with van der Waals surface area (Å²) in [7, 11) is 0. The Bertz CT molecular complexity index is 1260. The quantitative estimate of drug-likeness (QED) is 0.178. The van der Waals surface area contributed by atoms with Gasteiger partial charge in [0.15, 0.2) is 11.5 Å². The van der Waals surface area contributed by atoms with Crippen molar-refractivity contribution in [2.24, 2.45) is 4.99 Å². The van der Waals surface area contributed by atoms with Crippen LogP contribution in [0.3, 0.4) is 0 Å². The summed E-state index contributed by atoms with van der Waals surface area (Å²) in [5.74, 6) is 0.0276. The van der Waals surface area contributed by atoms with Gasteiger partial charge in [-0.25, -0.2) is 0 Å². The zero-order valence-corrected chi connectivity index (χ0v) is 27.8. The summed E-state index contributed by atoms with van der Waals surface area (Å²) < 4.78 is 0. The smallest absolute Gasteiger partial charge is 0.161 e. The van der Waals surface area contributed by atoms with Gasteiger partial charge in [0.2, 0.25) is 0 Å². The number of aromatic hydroxyl groups is 2. The molecule has 0 atom stereocenters. The predicted molar refractivity (Wildman–Crippen MR) is 167 cm³/mol. The number of hydrogen-bond donors (Lipinski definition) is 2. The van der Waals surface area contributed by atoms with Gasteiger partial charge < -0.3 is 10.2 Å². The Balaban J connectivity index is 0.000000416. The maximum atomic E-state index is 10.0. The Hall–Kier alpha value is -2.65. The topological polar surface area (TPSA) is 65.7 Å². The minimum Gasteiger partial charge on any atom is -0.504 e. The Labute approximate surface area is 253 Å². The van der Waals surface area contributed by atoms with Crippen molar-refractivity contribution in [1.29, 1.82) is 0 Å². The molecule has 0 saturated heterocycles. The average Bonchev–Trinajstić information content (AvgIpc) is 2.79. The van der Waals surface area contributed by atoms with Crippen LogP contribution in [-0.4, -0.2) is 20.9 Å². The monoisotopic (exact) mass is 588 g/mol. The second kappa shape index (κ2) is 12.9. The molecule has 3 aromatic rings. The van der Waals surface area contributed by atoms with Crippen molar-refractivity contribution in [2.45, 2.75) is 112 Å². The van der Waals surface area contributed by atoms with Gasteiger partial charge in [0.05, 0.1) is 17.1 Å². The number of phenolic OH excluding ortho intramolecular Hbond substituents is 2. The number of aromatic nitrogens is 1. The minimum absolute atomic E-state index is 0. The zero-order valence-electron chi connectivity index (χ0n) is 26.8. The minimum atomic E-state index is -0.169. The number of pyridine rings is 1. The van der Waals surface area contributed by atoms with Gasteiger partial charge in [0.25, 0.3) is 0 Å². The fraction of sp³-hybridized carbons (Fsp3) is 0.486. The fourth-order valence-corrected chi connectivity index (χ4v) is 4.33. The number of rotatable bonds is 2. The van der Waals surface area contributed by atoms with Crippen molar-refractivity contribution >= 4 is 11.4 Å². The predicted octanol–water partition coefficient (Wildman–Crippen LogP) is 9.51. The van der Waals surface area contributed by atoms with Gasteiger partial charge in [-0.2, -0.15) is 0 Å². The molecule has 0 aliphatic rings. The molecule has 0 bridgehead atoms. The van der Waals surface area contributed by atoms with Gasteiger partial charge in [-0.15, -0.1) is 0 Å². The molecule has 5 heteroatoms. The van der Waals surface area contributed by atoms with E-state index in [-0.39, 0.29) is 49.7 Å². The van der Waals surface area contributed by atoms with Gasteiger partial charge in [0.1, 0.15) is 0 Å². The van der Waals surface area contributed by atoms with Crippen molar-refractivity contribution in [2.75, 3.05) is 0 Å². The van der Waals surface area contributed by atoms with Crippen molar-refractivity contribution in [3.8, 4) is 11.5 Å². The van der Waals surface area contributed by atoms with Crippen LogP contribution >= 0.6 is 0 Å². The summed E-state index contributed by atoms with van der Waals surface area (Å²) in [6, 6.07) is 16.4. The standard InChI is InChI=1S/C21H28N2.C14H22O2.Ni/c1-15(18-10-8-9-13-22-18)23-19-14-16(20(2,3)4)11-12-17(19)21(5,6)7;1-13(2,3)9-7-8-10(14(4,5)6)12(16)11(9)15;/h8-14H,1-7H3;7-8,15-16H,1-6H3;. The second-order valence-electron chi connectivity index (χ2n) is 14.5.